The standard InChI is InChI=1S/C13H23N3/c1-2-12(14)13-8-15-10-16(13)9-11-6-4-3-5-7-11/h8,10-12H,2-7,9,14H2,1H3/t12-/m1/s1. The lowest BCUT2D eigenvalue weighted by Crippen LogP contribution is -2.19. The number of nitrogens with two attached hydrogens (primary N) is 1. The van der Waals surface area contributed by atoms with Crippen LogP contribution in [0.1, 0.15) is 57.2 Å². The van der Waals surface area contributed by atoms with Gasteiger partial charge >= 0.3 is 0 Å². The summed E-state index contributed by atoms with van der Waals surface area (Å²) in [4.78, 5) is 4.24. The van der Waals surface area contributed by atoms with Gasteiger partial charge in [-0.25, -0.2) is 4.98 Å². The van der Waals surface area contributed by atoms with Crippen molar-refractivity contribution in [1.82, 2.24) is 9.55 Å². The predicted molar refractivity (Wildman–Crippen MR) is 66.0 cm³/mol. The molecule has 0 aliphatic heterocycles. The molecule has 1 aromatic heterocycles. The van der Waals surface area contributed by atoms with Crippen molar-refractivity contribution in [2.75, 3.05) is 0 Å². The first-order chi connectivity index (χ1) is 7.81. The average molecular weight is 221 g/mol. The van der Waals surface area contributed by atoms with Crippen molar-refractivity contribution in [1.29, 1.82) is 0 Å². The topological polar surface area (TPSA) is 43.8 Å². The third-order valence-corrected chi connectivity index (χ3v) is 3.74. The van der Waals surface area contributed by atoms with Gasteiger partial charge in [0.2, 0.25) is 0 Å². The van der Waals surface area contributed by atoms with Crippen LogP contribution in [0, 0.1) is 5.92 Å². The number of hydrogen-bond acceptors (Lipinski definition) is 2. The fraction of sp³-hybridized carbons (Fsp3) is 0.769. The van der Waals surface area contributed by atoms with Crippen LogP contribution in [0.15, 0.2) is 12.5 Å². The maximum Gasteiger partial charge on any atom is 0.0948 e. The summed E-state index contributed by atoms with van der Waals surface area (Å²) >= 11 is 0. The summed E-state index contributed by atoms with van der Waals surface area (Å²) in [5, 5.41) is 0. The highest BCUT2D eigenvalue weighted by atomic mass is 15.1. The van der Waals surface area contributed by atoms with E-state index in [-0.39, 0.29) is 6.04 Å². The molecule has 3 nitrogen and oxygen atoms in total. The molecule has 0 spiro atoms. The Labute approximate surface area is 98.1 Å². The van der Waals surface area contributed by atoms with E-state index in [0.717, 1.165) is 18.9 Å². The Morgan fingerprint density at radius 3 is 2.88 bits per heavy atom. The summed E-state index contributed by atoms with van der Waals surface area (Å²) in [7, 11) is 0. The highest BCUT2D eigenvalue weighted by Gasteiger charge is 2.16. The van der Waals surface area contributed by atoms with E-state index in [1.165, 1.54) is 37.8 Å². The fourth-order valence-corrected chi connectivity index (χ4v) is 2.65. The molecule has 0 aromatic carbocycles. The highest BCUT2D eigenvalue weighted by Crippen LogP contribution is 2.26. The van der Waals surface area contributed by atoms with Crippen LogP contribution < -0.4 is 5.73 Å². The van der Waals surface area contributed by atoms with E-state index in [9.17, 15) is 0 Å². The molecule has 0 bridgehead atoms. The summed E-state index contributed by atoms with van der Waals surface area (Å²) in [5.74, 6) is 0.839. The number of imidazole rings is 1. The van der Waals surface area contributed by atoms with Gasteiger partial charge in [-0.1, -0.05) is 26.2 Å². The number of hydrogen-bond donors (Lipinski definition) is 1. The molecule has 3 heteroatoms. The van der Waals surface area contributed by atoms with E-state index in [0.29, 0.717) is 0 Å². The van der Waals surface area contributed by atoms with Crippen molar-refractivity contribution in [3.63, 3.8) is 0 Å². The molecule has 0 radical (unpaired) electrons. The molecule has 0 saturated heterocycles. The Balaban J connectivity index is 2.00. The van der Waals surface area contributed by atoms with E-state index in [1.54, 1.807) is 0 Å². The third kappa shape index (κ3) is 2.64. The third-order valence-electron chi connectivity index (χ3n) is 3.74. The summed E-state index contributed by atoms with van der Waals surface area (Å²) in [6, 6.07) is 0.145. The normalized spacial score (nSPS) is 19.9. The minimum Gasteiger partial charge on any atom is -0.333 e. The zero-order chi connectivity index (χ0) is 11.4. The largest absolute Gasteiger partial charge is 0.333 e. The highest BCUT2D eigenvalue weighted by molar-refractivity contribution is 5.04. The van der Waals surface area contributed by atoms with E-state index < -0.39 is 0 Å². The summed E-state index contributed by atoms with van der Waals surface area (Å²) in [5.41, 5.74) is 7.29. The Bertz CT molecular complexity index is 313. The van der Waals surface area contributed by atoms with Gasteiger partial charge in [-0.2, -0.15) is 0 Å². The van der Waals surface area contributed by atoms with E-state index in [1.807, 2.05) is 12.5 Å². The maximum absolute atomic E-state index is 6.08. The van der Waals surface area contributed by atoms with Gasteiger partial charge < -0.3 is 10.3 Å². The first-order valence-electron chi connectivity index (χ1n) is 6.57. The molecule has 1 fully saturated rings. The van der Waals surface area contributed by atoms with Crippen molar-refractivity contribution in [3.05, 3.63) is 18.2 Å². The monoisotopic (exact) mass is 221 g/mol. The maximum atomic E-state index is 6.08. The zero-order valence-electron chi connectivity index (χ0n) is 10.2. The van der Waals surface area contributed by atoms with Crippen LogP contribution in [0.3, 0.4) is 0 Å². The number of aromatic nitrogens is 2. The van der Waals surface area contributed by atoms with Crippen molar-refractivity contribution in [3.8, 4) is 0 Å². The zero-order valence-corrected chi connectivity index (χ0v) is 10.2. The Kier molecular flexibility index (Phi) is 3.99. The van der Waals surface area contributed by atoms with Gasteiger partial charge in [0, 0.05) is 18.8 Å². The van der Waals surface area contributed by atoms with Crippen LogP contribution in [0.5, 0.6) is 0 Å². The molecular weight excluding hydrogens is 198 g/mol. The fourth-order valence-electron chi connectivity index (χ4n) is 2.65. The van der Waals surface area contributed by atoms with Gasteiger partial charge in [-0.05, 0) is 25.2 Å². The molecular formula is C13H23N3. The van der Waals surface area contributed by atoms with Crippen LogP contribution >= 0.6 is 0 Å². The quantitative estimate of drug-likeness (QED) is 0.849. The van der Waals surface area contributed by atoms with Gasteiger partial charge in [0.15, 0.2) is 0 Å². The molecule has 1 aromatic rings. The van der Waals surface area contributed by atoms with E-state index in [2.05, 4.69) is 16.5 Å². The molecule has 0 amide bonds. The first-order valence-corrected chi connectivity index (χ1v) is 6.57. The summed E-state index contributed by atoms with van der Waals surface area (Å²) in [6.45, 7) is 3.24. The smallest absolute Gasteiger partial charge is 0.0948 e. The van der Waals surface area contributed by atoms with Gasteiger partial charge in [-0.15, -0.1) is 0 Å². The second-order valence-corrected chi connectivity index (χ2v) is 4.99. The average Bonchev–Trinajstić information content (AvgIpc) is 2.77. The van der Waals surface area contributed by atoms with Gasteiger partial charge in [0.05, 0.1) is 12.0 Å². The minimum absolute atomic E-state index is 0.145. The van der Waals surface area contributed by atoms with Crippen molar-refractivity contribution < 1.29 is 0 Å². The lowest BCUT2D eigenvalue weighted by molar-refractivity contribution is 0.314. The Morgan fingerprint density at radius 1 is 1.44 bits per heavy atom. The predicted octanol–water partition coefficient (Wildman–Crippen LogP) is 2.87. The second-order valence-electron chi connectivity index (χ2n) is 4.99. The molecule has 1 aliphatic carbocycles. The molecule has 90 valence electrons. The molecule has 1 saturated carbocycles. The van der Waals surface area contributed by atoms with E-state index >= 15 is 0 Å². The van der Waals surface area contributed by atoms with Crippen molar-refractivity contribution >= 4 is 0 Å². The molecule has 1 heterocycles. The first kappa shape index (κ1) is 11.6. The summed E-state index contributed by atoms with van der Waals surface area (Å²) < 4.78 is 2.27. The van der Waals surface area contributed by atoms with Crippen LogP contribution in [0.2, 0.25) is 0 Å². The van der Waals surface area contributed by atoms with E-state index in [4.69, 9.17) is 5.73 Å². The summed E-state index contributed by atoms with van der Waals surface area (Å²) in [6.07, 6.45) is 11.8. The van der Waals surface area contributed by atoms with Crippen LogP contribution in [-0.2, 0) is 6.54 Å². The molecule has 2 rings (SSSR count). The minimum atomic E-state index is 0.145. The van der Waals surface area contributed by atoms with Crippen LogP contribution in [0.4, 0.5) is 0 Å². The Hall–Kier alpha value is -0.830. The Morgan fingerprint density at radius 2 is 2.19 bits per heavy atom. The number of rotatable bonds is 4. The number of nitrogens with zero attached hydrogens (tertiary/aromatic N) is 2. The SMILES string of the molecule is CC[C@@H](N)c1cncn1CC1CCCCC1. The molecule has 1 aliphatic rings. The molecule has 2 N–H and O–H groups in total. The van der Waals surface area contributed by atoms with Gasteiger partial charge in [-0.3, -0.25) is 0 Å². The van der Waals surface area contributed by atoms with Gasteiger partial charge in [0.25, 0.3) is 0 Å². The van der Waals surface area contributed by atoms with Gasteiger partial charge in [0.1, 0.15) is 0 Å². The molecule has 1 atom stereocenters. The molecule has 0 unspecified atom stereocenters. The lowest BCUT2D eigenvalue weighted by Gasteiger charge is -2.23. The van der Waals surface area contributed by atoms with Crippen molar-refractivity contribution in [2.24, 2.45) is 11.7 Å². The molecule has 16 heavy (non-hydrogen) atoms. The lowest BCUT2D eigenvalue weighted by atomic mass is 9.89. The second kappa shape index (κ2) is 5.48. The van der Waals surface area contributed by atoms with Crippen LogP contribution in [-0.4, -0.2) is 9.55 Å². The van der Waals surface area contributed by atoms with Crippen molar-refractivity contribution in [2.45, 2.75) is 58.0 Å². The van der Waals surface area contributed by atoms with Crippen LogP contribution in [0.25, 0.3) is 0 Å².